The number of aliphatic hydroxyl groups excluding tert-OH is 10. The van der Waals surface area contributed by atoms with Crippen molar-refractivity contribution in [3.05, 3.63) is 51.9 Å². The number of nitrogen functional groups attached to an aromatic ring is 2. The average Bonchev–Trinajstić information content (AvgIpc) is 3.74. The third-order valence-electron chi connectivity index (χ3n) is 9.56. The molecule has 0 saturated heterocycles. The highest BCUT2D eigenvalue weighted by molar-refractivity contribution is 7.15. The summed E-state index contributed by atoms with van der Waals surface area (Å²) in [5, 5.41) is 113. The summed E-state index contributed by atoms with van der Waals surface area (Å²) in [6.07, 6.45) is -9.26. The van der Waals surface area contributed by atoms with E-state index in [2.05, 4.69) is 25.6 Å². The van der Waals surface area contributed by atoms with Gasteiger partial charge in [0.05, 0.1) is 48.3 Å². The zero-order valence-corrected chi connectivity index (χ0v) is 35.4. The predicted molar refractivity (Wildman–Crippen MR) is 227 cm³/mol. The van der Waals surface area contributed by atoms with Crippen LogP contribution in [0.5, 0.6) is 0 Å². The molecular weight excluding hydrogens is 858 g/mol. The summed E-state index contributed by atoms with van der Waals surface area (Å²) in [7, 11) is 0. The lowest BCUT2D eigenvalue weighted by Gasteiger charge is -2.33. The number of ether oxygens (including phenoxy) is 1. The summed E-state index contributed by atoms with van der Waals surface area (Å²) < 4.78 is 5.36. The molecule has 0 bridgehead atoms. The number of nitrogens with two attached hydrogens (primary N) is 2. The molecule has 0 fully saturated rings. The smallest absolute Gasteiger partial charge is 0.306 e. The molecule has 0 unspecified atom stereocenters. The molecule has 0 aliphatic rings. The number of halogens is 1. The van der Waals surface area contributed by atoms with E-state index in [0.717, 1.165) is 40.3 Å². The molecule has 1 aromatic carbocycles. The van der Waals surface area contributed by atoms with Crippen LogP contribution in [0.3, 0.4) is 0 Å². The summed E-state index contributed by atoms with van der Waals surface area (Å²) in [5.74, 6) is -1.73. The maximum Gasteiger partial charge on any atom is 0.306 e. The fraction of sp³-hybridized carbons (Fsp3) is 0.579. The topological polar surface area (TPSA) is 388 Å². The maximum absolute atomic E-state index is 12.5. The van der Waals surface area contributed by atoms with Gasteiger partial charge in [-0.1, -0.05) is 35.9 Å². The first-order valence-electron chi connectivity index (χ1n) is 19.8. The number of benzene rings is 1. The van der Waals surface area contributed by atoms with E-state index in [1.54, 1.807) is 6.20 Å². The lowest BCUT2D eigenvalue weighted by molar-refractivity contribution is -0.143. The third-order valence-corrected chi connectivity index (χ3v) is 10.9. The minimum absolute atomic E-state index is 0.0348. The number of nitrogens with one attached hydrogen (secondary N) is 3. The molecule has 0 radical (unpaired) electrons. The van der Waals surface area contributed by atoms with Crippen molar-refractivity contribution in [1.29, 1.82) is 5.41 Å². The second-order valence-corrected chi connectivity index (χ2v) is 15.9. The molecule has 22 nitrogen and oxygen atoms in total. The van der Waals surface area contributed by atoms with Gasteiger partial charge in [-0.05, 0) is 49.8 Å². The number of carbonyl (C=O) groups excluding carboxylic acids is 2. The van der Waals surface area contributed by atoms with Gasteiger partial charge in [0.15, 0.2) is 28.4 Å². The molecule has 24 heteroatoms. The molecule has 1 amide bonds. The van der Waals surface area contributed by atoms with Crippen molar-refractivity contribution >= 4 is 52.4 Å². The summed E-state index contributed by atoms with van der Waals surface area (Å²) >= 11 is 7.27. The van der Waals surface area contributed by atoms with E-state index in [4.69, 9.17) is 43.4 Å². The SMILES string of the molecule is N=C(NCCCCc1ccc(-c2cnc(CCC(=O)OCCCCN(C[C@H](O)[C@@H](O)[C@H](O)[C@H](O)CO)C[C@H](O)[C@@H](O)[C@H](O)[C@H](O)CO)s2)cc1)NC(=O)c1nc(Cl)c(N)nc1N. The molecular formula is C38H58ClN9O13S. The Kier molecular flexibility index (Phi) is 22.2. The maximum atomic E-state index is 12.5. The molecule has 17 N–H and O–H groups in total. The van der Waals surface area contributed by atoms with Gasteiger partial charge < -0.3 is 72.6 Å². The normalized spacial score (nSPS) is 15.5. The van der Waals surface area contributed by atoms with E-state index in [9.17, 15) is 50.4 Å². The van der Waals surface area contributed by atoms with Crippen LogP contribution in [0, 0.1) is 5.41 Å². The highest BCUT2D eigenvalue weighted by Gasteiger charge is 2.34. The number of aromatic nitrogens is 3. The van der Waals surface area contributed by atoms with Crippen molar-refractivity contribution in [1.82, 2.24) is 30.5 Å². The van der Waals surface area contributed by atoms with Crippen molar-refractivity contribution in [2.75, 3.05) is 57.5 Å². The Morgan fingerprint density at radius 2 is 1.40 bits per heavy atom. The molecule has 3 rings (SSSR count). The molecule has 0 aliphatic heterocycles. The molecule has 0 saturated carbocycles. The number of anilines is 2. The Morgan fingerprint density at radius 1 is 0.806 bits per heavy atom. The Labute approximate surface area is 366 Å². The second-order valence-electron chi connectivity index (χ2n) is 14.4. The third kappa shape index (κ3) is 16.8. The first kappa shape index (κ1) is 52.1. The summed E-state index contributed by atoms with van der Waals surface area (Å²) in [5.41, 5.74) is 13.0. The standard InChI is InChI=1S/C38H58ClN9O13S/c39-34-36(41)46-35(40)29(45-34)37(60)47-38(42)43-12-2-1-5-20-6-8-21(9-7-20)26-15-44-27(62-26)10-11-28(55)61-14-4-3-13-48(16-22(51)30(56)32(58)24(53)18-49)17-23(52)31(57)33(59)25(54)19-50/h6-9,15,22-25,30-33,49-54,56-59H,1-5,10-14,16-19H2,(H4,40,41,46)(H3,42,43,47,60)/t22-,23-,24+,25+,30+,31+,32+,33+/m0/s1. The van der Waals surface area contributed by atoms with E-state index in [1.807, 2.05) is 24.3 Å². The van der Waals surface area contributed by atoms with Crippen LogP contribution >= 0.6 is 22.9 Å². The highest BCUT2D eigenvalue weighted by Crippen LogP contribution is 2.27. The van der Waals surface area contributed by atoms with Gasteiger partial charge in [0.1, 0.15) is 36.6 Å². The van der Waals surface area contributed by atoms with Crippen LogP contribution in [-0.4, -0.2) is 184 Å². The van der Waals surface area contributed by atoms with E-state index in [-0.39, 0.29) is 48.0 Å². The molecule has 8 atom stereocenters. The fourth-order valence-corrected chi connectivity index (χ4v) is 6.97. The van der Waals surface area contributed by atoms with Crippen LogP contribution in [0.1, 0.15) is 53.2 Å². The zero-order valence-electron chi connectivity index (χ0n) is 33.8. The lowest BCUT2D eigenvalue weighted by Crippen LogP contribution is -2.53. The molecule has 346 valence electrons. The second kappa shape index (κ2) is 26.4. The van der Waals surface area contributed by atoms with Gasteiger partial charge in [-0.15, -0.1) is 11.3 Å². The summed E-state index contributed by atoms with van der Waals surface area (Å²) in [6.45, 7) is -1.97. The van der Waals surface area contributed by atoms with Crippen LogP contribution < -0.4 is 22.1 Å². The number of unbranched alkanes of at least 4 members (excludes halogenated alkanes) is 2. The molecule has 62 heavy (non-hydrogen) atoms. The van der Waals surface area contributed by atoms with Crippen LogP contribution in [0.4, 0.5) is 11.6 Å². The van der Waals surface area contributed by atoms with Crippen molar-refractivity contribution in [2.24, 2.45) is 0 Å². The first-order chi connectivity index (χ1) is 29.4. The van der Waals surface area contributed by atoms with Crippen molar-refractivity contribution in [3.8, 4) is 10.4 Å². The largest absolute Gasteiger partial charge is 0.466 e. The van der Waals surface area contributed by atoms with Crippen molar-refractivity contribution < 1.29 is 65.4 Å². The number of aliphatic hydroxyl groups is 10. The first-order valence-corrected chi connectivity index (χ1v) is 21.0. The quantitative estimate of drug-likeness (QED) is 0.0158. The van der Waals surface area contributed by atoms with Gasteiger partial charge in [-0.2, -0.15) is 0 Å². The Hall–Kier alpha value is -4.21. The number of carbonyl (C=O) groups is 2. The van der Waals surface area contributed by atoms with Crippen LogP contribution in [0.25, 0.3) is 10.4 Å². The van der Waals surface area contributed by atoms with E-state index < -0.39 is 87.0 Å². The number of rotatable bonds is 27. The highest BCUT2D eigenvalue weighted by atomic mass is 35.5. The zero-order chi connectivity index (χ0) is 45.9. The molecule has 3 aromatic rings. The summed E-state index contributed by atoms with van der Waals surface area (Å²) in [4.78, 5) is 39.2. The van der Waals surface area contributed by atoms with Gasteiger partial charge in [0, 0.05) is 32.3 Å². The van der Waals surface area contributed by atoms with Crippen LogP contribution in [-0.2, 0) is 22.4 Å². The monoisotopic (exact) mass is 915 g/mol. The number of esters is 1. The number of amides is 1. The van der Waals surface area contributed by atoms with E-state index in [1.165, 1.54) is 16.2 Å². The molecule has 0 aliphatic carbocycles. The molecule has 2 aromatic heterocycles. The Bertz CT molecular complexity index is 1820. The lowest BCUT2D eigenvalue weighted by atomic mass is 10.0. The number of thiazole rings is 1. The number of aryl methyl sites for hydroxylation is 2. The van der Waals surface area contributed by atoms with E-state index >= 15 is 0 Å². The van der Waals surface area contributed by atoms with Crippen molar-refractivity contribution in [3.63, 3.8) is 0 Å². The predicted octanol–water partition coefficient (Wildman–Crippen LogP) is -2.88. The minimum Gasteiger partial charge on any atom is -0.466 e. The van der Waals surface area contributed by atoms with Crippen molar-refractivity contribution in [2.45, 2.75) is 93.8 Å². The van der Waals surface area contributed by atoms with Gasteiger partial charge in [0.25, 0.3) is 5.91 Å². The minimum atomic E-state index is -1.90. The number of hydrogen-bond donors (Lipinski definition) is 15. The number of hydrogen-bond acceptors (Lipinski definition) is 21. The molecule has 2 heterocycles. The van der Waals surface area contributed by atoms with Gasteiger partial charge in [-0.25, -0.2) is 15.0 Å². The Morgan fingerprint density at radius 3 is 2.00 bits per heavy atom. The van der Waals surface area contributed by atoms with Gasteiger partial charge >= 0.3 is 5.97 Å². The molecule has 0 spiro atoms. The van der Waals surface area contributed by atoms with E-state index in [0.29, 0.717) is 25.8 Å². The fourth-order valence-electron chi connectivity index (χ4n) is 5.92. The van der Waals surface area contributed by atoms with Gasteiger partial charge in [0.2, 0.25) is 0 Å². The Balaban J connectivity index is 1.37. The summed E-state index contributed by atoms with van der Waals surface area (Å²) in [6, 6.07) is 8.02. The average molecular weight is 916 g/mol. The van der Waals surface area contributed by atoms with Crippen LogP contribution in [0.15, 0.2) is 30.5 Å². The van der Waals surface area contributed by atoms with Gasteiger partial charge in [-0.3, -0.25) is 25.2 Å². The number of guanidine groups is 1. The number of nitrogens with zero attached hydrogens (tertiary/aromatic N) is 4. The van der Waals surface area contributed by atoms with Crippen LogP contribution in [0.2, 0.25) is 5.15 Å².